The van der Waals surface area contributed by atoms with Crippen LogP contribution in [0.1, 0.15) is 41.1 Å². The molecular weight excluding hydrogens is 513 g/mol. The van der Waals surface area contributed by atoms with Crippen molar-refractivity contribution in [3.05, 3.63) is 70.8 Å². The first-order valence-electron chi connectivity index (χ1n) is 12.4. The molecule has 0 saturated heterocycles. The molecule has 8 nitrogen and oxygen atoms in total. The smallest absolute Gasteiger partial charge is 0.422 e. The van der Waals surface area contributed by atoms with E-state index >= 15 is 0 Å². The van der Waals surface area contributed by atoms with Crippen LogP contribution in [0.3, 0.4) is 0 Å². The van der Waals surface area contributed by atoms with Crippen molar-refractivity contribution in [1.29, 1.82) is 5.26 Å². The second-order valence-corrected chi connectivity index (χ2v) is 9.79. The van der Waals surface area contributed by atoms with E-state index < -0.39 is 35.4 Å². The van der Waals surface area contributed by atoms with Crippen molar-refractivity contribution < 1.29 is 32.1 Å². The van der Waals surface area contributed by atoms with E-state index in [0.29, 0.717) is 42.5 Å². The summed E-state index contributed by atoms with van der Waals surface area (Å²) in [6, 6.07) is 15.0. The molecule has 0 spiro atoms. The molecule has 1 atom stereocenters. The van der Waals surface area contributed by atoms with Gasteiger partial charge in [0.2, 0.25) is 11.5 Å². The molecular formula is C28H21F3N4O4. The van der Waals surface area contributed by atoms with Crippen LogP contribution in [0.15, 0.2) is 57.6 Å². The number of nitrogens with zero attached hydrogens (tertiary/aromatic N) is 3. The Kier molecular flexibility index (Phi) is 5.99. The molecule has 0 aliphatic heterocycles. The van der Waals surface area contributed by atoms with E-state index in [1.807, 2.05) is 6.07 Å². The first-order valence-corrected chi connectivity index (χ1v) is 12.4. The second-order valence-electron chi connectivity index (χ2n) is 9.79. The number of rotatable bonds is 6. The monoisotopic (exact) mass is 534 g/mol. The summed E-state index contributed by atoms with van der Waals surface area (Å²) in [6.07, 6.45) is -2.95. The topological polar surface area (TPSA) is 125 Å². The Bertz CT molecular complexity index is 1600. The molecule has 39 heavy (non-hydrogen) atoms. The summed E-state index contributed by atoms with van der Waals surface area (Å²) < 4.78 is 53.3. The van der Waals surface area contributed by atoms with E-state index in [4.69, 9.17) is 14.2 Å². The van der Waals surface area contributed by atoms with Crippen molar-refractivity contribution in [1.82, 2.24) is 15.6 Å². The zero-order valence-corrected chi connectivity index (χ0v) is 20.3. The van der Waals surface area contributed by atoms with E-state index in [1.54, 1.807) is 30.3 Å². The number of aromatic nitrogens is 2. The van der Waals surface area contributed by atoms with E-state index in [9.17, 15) is 23.2 Å². The van der Waals surface area contributed by atoms with E-state index in [2.05, 4.69) is 21.7 Å². The van der Waals surface area contributed by atoms with Crippen molar-refractivity contribution in [2.75, 3.05) is 0 Å². The number of carboxylic acid groups (broad SMARTS) is 1. The molecule has 0 bridgehead atoms. The highest BCUT2D eigenvalue weighted by molar-refractivity contribution is 5.79. The quantitative estimate of drug-likeness (QED) is 0.318. The van der Waals surface area contributed by atoms with Crippen molar-refractivity contribution in [2.45, 2.75) is 43.9 Å². The Labute approximate surface area is 220 Å². The predicted molar refractivity (Wildman–Crippen MR) is 131 cm³/mol. The summed E-state index contributed by atoms with van der Waals surface area (Å²) in [6.45, 7) is 0. The van der Waals surface area contributed by atoms with Crippen LogP contribution in [-0.2, 0) is 23.8 Å². The highest BCUT2D eigenvalue weighted by Crippen LogP contribution is 2.47. The van der Waals surface area contributed by atoms with Gasteiger partial charge in [0.15, 0.2) is 0 Å². The van der Waals surface area contributed by atoms with Gasteiger partial charge < -0.3 is 14.2 Å². The number of carbonyl (C=O) groups is 1. The number of fused-ring (bicyclic) bond motifs is 3. The van der Waals surface area contributed by atoms with Crippen LogP contribution in [0.4, 0.5) is 13.2 Å². The molecule has 1 saturated carbocycles. The summed E-state index contributed by atoms with van der Waals surface area (Å²) in [5.41, 5.74) is 2.18. The fourth-order valence-electron chi connectivity index (χ4n) is 5.32. The van der Waals surface area contributed by atoms with Gasteiger partial charge in [0.25, 0.3) is 0 Å². The highest BCUT2D eigenvalue weighted by atomic mass is 19.4. The van der Waals surface area contributed by atoms with Crippen LogP contribution in [0.25, 0.3) is 34.0 Å². The summed E-state index contributed by atoms with van der Waals surface area (Å²) in [5.74, 6) is -1.83. The number of aliphatic carboxylic acids is 1. The fourth-order valence-corrected chi connectivity index (χ4v) is 5.32. The fraction of sp³-hybridized carbons (Fsp3) is 0.286. The minimum Gasteiger partial charge on any atom is -0.481 e. The summed E-state index contributed by atoms with van der Waals surface area (Å²) in [4.78, 5) is 11.1. The zero-order valence-electron chi connectivity index (χ0n) is 20.3. The number of carboxylic acids is 1. The van der Waals surface area contributed by atoms with Crippen molar-refractivity contribution >= 4 is 5.97 Å². The van der Waals surface area contributed by atoms with Gasteiger partial charge in [-0.15, -0.1) is 0 Å². The van der Waals surface area contributed by atoms with Crippen molar-refractivity contribution in [3.8, 4) is 40.1 Å². The third-order valence-electron chi connectivity index (χ3n) is 7.40. The first kappa shape index (κ1) is 24.9. The number of halogens is 3. The molecule has 2 N–H and O–H groups in total. The lowest BCUT2D eigenvalue weighted by molar-refractivity contribution is -0.145. The minimum absolute atomic E-state index is 0.0537. The molecule has 11 heteroatoms. The minimum atomic E-state index is -4.74. The van der Waals surface area contributed by atoms with Crippen LogP contribution < -0.4 is 5.32 Å². The standard InChI is InChI=1S/C28H21F3N4O4/c29-28(30,31)22-23(14-4-2-1-3-5-14)34-39-26(22)25-20-9-6-15-10-16(7-8-19(15)24(20)35-38-25)21(13-32)33-18-11-17(12-18)27(36)37/h1-5,7-8,10,17-18,21,33H,6,9,11-12H2,(H,36,37)/t17-,18+,21?. The molecule has 2 aromatic heterocycles. The molecule has 0 radical (unpaired) electrons. The molecule has 6 rings (SSSR count). The summed E-state index contributed by atoms with van der Waals surface area (Å²) >= 11 is 0. The Morgan fingerprint density at radius 2 is 1.77 bits per heavy atom. The van der Waals surface area contributed by atoms with Crippen LogP contribution in [-0.4, -0.2) is 27.4 Å². The molecule has 2 aromatic carbocycles. The summed E-state index contributed by atoms with van der Waals surface area (Å²) in [7, 11) is 0. The Hall–Kier alpha value is -4.43. The van der Waals surface area contributed by atoms with E-state index in [-0.39, 0.29) is 23.1 Å². The number of hydrogen-bond donors (Lipinski definition) is 2. The molecule has 1 fully saturated rings. The molecule has 4 aromatic rings. The zero-order chi connectivity index (χ0) is 27.3. The maximum absolute atomic E-state index is 14.2. The number of benzene rings is 2. The van der Waals surface area contributed by atoms with Crippen LogP contribution >= 0.6 is 0 Å². The van der Waals surface area contributed by atoms with Crippen LogP contribution in [0.2, 0.25) is 0 Å². The lowest BCUT2D eigenvalue weighted by Gasteiger charge is -2.34. The normalized spacial score (nSPS) is 18.9. The number of nitriles is 1. The van der Waals surface area contributed by atoms with Crippen LogP contribution in [0, 0.1) is 17.2 Å². The molecule has 2 heterocycles. The Morgan fingerprint density at radius 1 is 1.05 bits per heavy atom. The molecule has 2 aliphatic rings. The number of hydrogen-bond acceptors (Lipinski definition) is 7. The largest absolute Gasteiger partial charge is 0.481 e. The average molecular weight is 534 g/mol. The van der Waals surface area contributed by atoms with Gasteiger partial charge in [0.05, 0.1) is 12.0 Å². The van der Waals surface area contributed by atoms with E-state index in [0.717, 1.165) is 11.1 Å². The first-order chi connectivity index (χ1) is 18.7. The molecule has 198 valence electrons. The molecule has 2 aliphatic carbocycles. The Morgan fingerprint density at radius 3 is 2.46 bits per heavy atom. The average Bonchev–Trinajstić information content (AvgIpc) is 3.53. The van der Waals surface area contributed by atoms with Gasteiger partial charge in [0, 0.05) is 22.7 Å². The Balaban J connectivity index is 1.31. The van der Waals surface area contributed by atoms with Crippen molar-refractivity contribution in [2.24, 2.45) is 5.92 Å². The lowest BCUT2D eigenvalue weighted by Crippen LogP contribution is -2.45. The second kappa shape index (κ2) is 9.39. The van der Waals surface area contributed by atoms with Gasteiger partial charge >= 0.3 is 12.1 Å². The number of nitrogens with one attached hydrogen (secondary N) is 1. The lowest BCUT2D eigenvalue weighted by atomic mass is 9.79. The third-order valence-corrected chi connectivity index (χ3v) is 7.40. The van der Waals surface area contributed by atoms with Gasteiger partial charge in [-0.05, 0) is 36.8 Å². The van der Waals surface area contributed by atoms with Crippen LogP contribution in [0.5, 0.6) is 0 Å². The third kappa shape index (κ3) is 4.36. The SMILES string of the molecule is N#CC(N[C@H]1C[C@@H](C(=O)O)C1)c1ccc2c(c1)CCc1c-2noc1-c1onc(-c2ccccc2)c1C(F)(F)F. The highest BCUT2D eigenvalue weighted by Gasteiger charge is 2.43. The maximum Gasteiger partial charge on any atom is 0.422 e. The van der Waals surface area contributed by atoms with Gasteiger partial charge in [-0.25, -0.2) is 0 Å². The van der Waals surface area contributed by atoms with Gasteiger partial charge in [0.1, 0.15) is 23.0 Å². The van der Waals surface area contributed by atoms with Gasteiger partial charge in [-0.3, -0.25) is 10.1 Å². The summed E-state index contributed by atoms with van der Waals surface area (Å²) in [5, 5.41) is 29.9. The van der Waals surface area contributed by atoms with Gasteiger partial charge in [-0.2, -0.15) is 18.4 Å². The molecule has 0 amide bonds. The number of alkyl halides is 3. The maximum atomic E-state index is 14.2. The predicted octanol–water partition coefficient (Wildman–Crippen LogP) is 5.80. The van der Waals surface area contributed by atoms with Gasteiger partial charge in [-0.1, -0.05) is 58.8 Å². The van der Waals surface area contributed by atoms with Crippen molar-refractivity contribution in [3.63, 3.8) is 0 Å². The van der Waals surface area contributed by atoms with E-state index in [1.165, 1.54) is 12.1 Å². The number of aryl methyl sites for hydroxylation is 1. The molecule has 1 unspecified atom stereocenters.